The third kappa shape index (κ3) is 2.83. The summed E-state index contributed by atoms with van der Waals surface area (Å²) in [6, 6.07) is 3.01. The predicted octanol–water partition coefficient (Wildman–Crippen LogP) is 2.25. The van der Waals surface area contributed by atoms with Crippen molar-refractivity contribution in [2.24, 2.45) is 0 Å². The summed E-state index contributed by atoms with van der Waals surface area (Å²) in [5, 5.41) is 2.77. The second-order valence-corrected chi connectivity index (χ2v) is 8.05. The number of benzene rings is 1. The molecule has 1 aromatic heterocycles. The first-order chi connectivity index (χ1) is 13.3. The molecular formula is C19H18N2O6S. The molecule has 2 aliphatic heterocycles. The van der Waals surface area contributed by atoms with E-state index < -0.39 is 16.1 Å². The van der Waals surface area contributed by atoms with Gasteiger partial charge in [0.1, 0.15) is 0 Å². The van der Waals surface area contributed by atoms with Crippen LogP contribution in [0.4, 0.5) is 5.69 Å². The monoisotopic (exact) mass is 402 g/mol. The van der Waals surface area contributed by atoms with E-state index in [-0.39, 0.29) is 24.0 Å². The van der Waals surface area contributed by atoms with Crippen LogP contribution in [0, 0.1) is 6.92 Å². The minimum atomic E-state index is -3.83. The highest BCUT2D eigenvalue weighted by Crippen LogP contribution is 2.41. The molecule has 146 valence electrons. The highest BCUT2D eigenvalue weighted by atomic mass is 32.2. The molecule has 8 nitrogen and oxygen atoms in total. The van der Waals surface area contributed by atoms with Crippen LogP contribution >= 0.6 is 0 Å². The second-order valence-electron chi connectivity index (χ2n) is 6.46. The fourth-order valence-corrected chi connectivity index (χ4v) is 4.68. The molecule has 2 aromatic rings. The van der Waals surface area contributed by atoms with Gasteiger partial charge in [-0.25, -0.2) is 4.79 Å². The maximum absolute atomic E-state index is 12.6. The van der Waals surface area contributed by atoms with Crippen molar-refractivity contribution in [2.75, 3.05) is 18.5 Å². The first-order valence-corrected chi connectivity index (χ1v) is 10.2. The smallest absolute Gasteiger partial charge is 0.339 e. The summed E-state index contributed by atoms with van der Waals surface area (Å²) in [7, 11) is -3.83. The number of anilines is 1. The molecular weight excluding hydrogens is 384 g/mol. The summed E-state index contributed by atoms with van der Waals surface area (Å²) in [6.07, 6.45) is 3.54. The van der Waals surface area contributed by atoms with Gasteiger partial charge in [-0.15, -0.1) is 0 Å². The molecule has 0 fully saturated rings. The highest BCUT2D eigenvalue weighted by molar-refractivity contribution is 7.86. The third-order valence-electron chi connectivity index (χ3n) is 4.86. The Morgan fingerprint density at radius 2 is 2.14 bits per heavy atom. The van der Waals surface area contributed by atoms with E-state index in [1.807, 2.05) is 0 Å². The SMILES string of the molecule is CCOC(=O)c1c[nH]c(/C=C2\C(=O)Nc3ccc4c(c32)CCOS4(=O)=O)c1C. The normalized spacial score (nSPS) is 18.5. The number of esters is 1. The van der Waals surface area contributed by atoms with Crippen molar-refractivity contribution in [3.63, 3.8) is 0 Å². The number of aromatic nitrogens is 1. The van der Waals surface area contributed by atoms with Crippen molar-refractivity contribution in [3.8, 4) is 0 Å². The van der Waals surface area contributed by atoms with E-state index in [1.165, 1.54) is 12.3 Å². The van der Waals surface area contributed by atoms with Crippen LogP contribution in [-0.4, -0.2) is 38.5 Å². The number of hydrogen-bond acceptors (Lipinski definition) is 6. The van der Waals surface area contributed by atoms with Crippen molar-refractivity contribution < 1.29 is 26.9 Å². The molecule has 0 unspecified atom stereocenters. The standard InChI is InChI=1S/C19H18N2O6S/c1-3-26-19(23)13-9-20-15(10(13)2)8-12-17-11-6-7-27-28(24,25)16(11)5-4-14(17)21-18(12)22/h4-5,8-9,20H,3,6-7H2,1-2H3,(H,21,22)/b12-8-. The number of rotatable bonds is 3. The Morgan fingerprint density at radius 3 is 2.89 bits per heavy atom. The van der Waals surface area contributed by atoms with Crippen LogP contribution in [0.2, 0.25) is 0 Å². The van der Waals surface area contributed by atoms with Crippen LogP contribution < -0.4 is 5.32 Å². The zero-order valence-corrected chi connectivity index (χ0v) is 16.1. The van der Waals surface area contributed by atoms with E-state index in [1.54, 1.807) is 26.0 Å². The van der Waals surface area contributed by atoms with E-state index in [2.05, 4.69) is 10.3 Å². The van der Waals surface area contributed by atoms with E-state index in [9.17, 15) is 18.0 Å². The van der Waals surface area contributed by atoms with Crippen LogP contribution in [0.3, 0.4) is 0 Å². The lowest BCUT2D eigenvalue weighted by atomic mass is 9.97. The molecule has 0 aliphatic carbocycles. The molecule has 1 aromatic carbocycles. The van der Waals surface area contributed by atoms with Crippen LogP contribution in [0.1, 0.15) is 39.7 Å². The summed E-state index contributed by atoms with van der Waals surface area (Å²) < 4.78 is 34.3. The summed E-state index contributed by atoms with van der Waals surface area (Å²) in [5.74, 6) is -0.781. The molecule has 0 atom stereocenters. The van der Waals surface area contributed by atoms with Crippen LogP contribution in [0.25, 0.3) is 11.6 Å². The highest BCUT2D eigenvalue weighted by Gasteiger charge is 2.34. The number of fused-ring (bicyclic) bond motifs is 3. The van der Waals surface area contributed by atoms with Gasteiger partial charge in [0, 0.05) is 23.1 Å². The molecule has 28 heavy (non-hydrogen) atoms. The Kier molecular flexibility index (Phi) is 4.35. The molecule has 9 heteroatoms. The number of ether oxygens (including phenoxy) is 1. The molecule has 0 radical (unpaired) electrons. The first-order valence-electron chi connectivity index (χ1n) is 8.77. The Hall–Kier alpha value is -2.91. The van der Waals surface area contributed by atoms with Crippen molar-refractivity contribution in [1.29, 1.82) is 0 Å². The van der Waals surface area contributed by atoms with E-state index in [4.69, 9.17) is 8.92 Å². The molecule has 1 amide bonds. The molecule has 0 bridgehead atoms. The second kappa shape index (κ2) is 6.61. The largest absolute Gasteiger partial charge is 0.462 e. The van der Waals surface area contributed by atoms with Crippen LogP contribution in [-0.2, 0) is 30.3 Å². The number of H-pyrrole nitrogens is 1. The van der Waals surface area contributed by atoms with Gasteiger partial charge in [-0.05, 0) is 49.6 Å². The summed E-state index contributed by atoms with van der Waals surface area (Å²) >= 11 is 0. The Balaban J connectivity index is 1.84. The minimum absolute atomic E-state index is 0.0296. The minimum Gasteiger partial charge on any atom is -0.462 e. The number of carbonyl (C=O) groups excluding carboxylic acids is 2. The quantitative estimate of drug-likeness (QED) is 0.462. The van der Waals surface area contributed by atoms with Gasteiger partial charge in [0.2, 0.25) is 0 Å². The molecule has 2 N–H and O–H groups in total. The summed E-state index contributed by atoms with van der Waals surface area (Å²) in [4.78, 5) is 27.7. The zero-order valence-electron chi connectivity index (χ0n) is 15.3. The van der Waals surface area contributed by atoms with Gasteiger partial charge in [-0.1, -0.05) is 0 Å². The predicted molar refractivity (Wildman–Crippen MR) is 101 cm³/mol. The number of aromatic amines is 1. The molecule has 0 saturated carbocycles. The van der Waals surface area contributed by atoms with Gasteiger partial charge in [0.15, 0.2) is 0 Å². The molecule has 0 spiro atoms. The van der Waals surface area contributed by atoms with E-state index >= 15 is 0 Å². The van der Waals surface area contributed by atoms with Gasteiger partial charge in [0.05, 0.1) is 29.2 Å². The number of amides is 1. The lowest BCUT2D eigenvalue weighted by Crippen LogP contribution is -2.19. The number of carbonyl (C=O) groups is 2. The number of nitrogens with one attached hydrogen (secondary N) is 2. The maximum atomic E-state index is 12.6. The van der Waals surface area contributed by atoms with Crippen LogP contribution in [0.5, 0.6) is 0 Å². The summed E-state index contributed by atoms with van der Waals surface area (Å²) in [5.41, 5.74) is 3.62. The van der Waals surface area contributed by atoms with Gasteiger partial charge in [-0.2, -0.15) is 8.42 Å². The average molecular weight is 402 g/mol. The zero-order chi connectivity index (χ0) is 20.1. The lowest BCUT2D eigenvalue weighted by Gasteiger charge is -2.19. The maximum Gasteiger partial charge on any atom is 0.339 e. The third-order valence-corrected chi connectivity index (χ3v) is 6.25. The van der Waals surface area contributed by atoms with Gasteiger partial charge in [-0.3, -0.25) is 8.98 Å². The Morgan fingerprint density at radius 1 is 1.36 bits per heavy atom. The Labute approximate surface area is 161 Å². The summed E-state index contributed by atoms with van der Waals surface area (Å²) in [6.45, 7) is 3.77. The van der Waals surface area contributed by atoms with Crippen LogP contribution in [0.15, 0.2) is 23.2 Å². The molecule has 0 saturated heterocycles. The molecule has 2 aliphatic rings. The van der Waals surface area contributed by atoms with Crippen molar-refractivity contribution in [3.05, 3.63) is 46.3 Å². The van der Waals surface area contributed by atoms with E-state index in [0.717, 1.165) is 0 Å². The molecule has 3 heterocycles. The van der Waals surface area contributed by atoms with Gasteiger partial charge in [0.25, 0.3) is 16.0 Å². The van der Waals surface area contributed by atoms with Gasteiger partial charge < -0.3 is 15.0 Å². The lowest BCUT2D eigenvalue weighted by molar-refractivity contribution is -0.110. The van der Waals surface area contributed by atoms with Crippen molar-refractivity contribution in [1.82, 2.24) is 4.98 Å². The van der Waals surface area contributed by atoms with Gasteiger partial charge >= 0.3 is 5.97 Å². The fourth-order valence-electron chi connectivity index (χ4n) is 3.51. The Bertz CT molecular complexity index is 1140. The fraction of sp³-hybridized carbons (Fsp3) is 0.263. The van der Waals surface area contributed by atoms with Crippen molar-refractivity contribution in [2.45, 2.75) is 25.2 Å². The van der Waals surface area contributed by atoms with Crippen molar-refractivity contribution >= 4 is 39.3 Å². The molecule has 4 rings (SSSR count). The van der Waals surface area contributed by atoms with E-state index in [0.29, 0.717) is 45.6 Å². The average Bonchev–Trinajstić information content (AvgIpc) is 3.16. The topological polar surface area (TPSA) is 115 Å². The number of hydrogen-bond donors (Lipinski definition) is 2. The first kappa shape index (κ1) is 18.5.